The number of rotatable bonds is 7. The monoisotopic (exact) mass is 365 g/mol. The summed E-state index contributed by atoms with van der Waals surface area (Å²) < 4.78 is 85.3. The predicted molar refractivity (Wildman–Crippen MR) is 63.0 cm³/mol. The standard InChI is InChI=1S/C12H13F6NO5/c1-23-8(21)7(2-5-20)24-9(22)10(3-4-19,12(16,17)18)6-11(13,14)15/h7,20H,2-3,5-6H2,1H3. The molecule has 138 valence electrons. The second-order valence-corrected chi connectivity index (χ2v) is 4.64. The molecule has 2 unspecified atom stereocenters. The minimum absolute atomic E-state index is 0.690. The van der Waals surface area contributed by atoms with Crippen LogP contribution in [0.25, 0.3) is 0 Å². The Bertz CT molecular complexity index is 498. The van der Waals surface area contributed by atoms with Crippen molar-refractivity contribution in [2.24, 2.45) is 5.41 Å². The van der Waals surface area contributed by atoms with Gasteiger partial charge in [0.1, 0.15) is 0 Å². The Kier molecular flexibility index (Phi) is 7.49. The zero-order valence-electron chi connectivity index (χ0n) is 12.2. The lowest BCUT2D eigenvalue weighted by atomic mass is 9.80. The summed E-state index contributed by atoms with van der Waals surface area (Å²) in [7, 11) is 0.794. The molecule has 0 heterocycles. The number of hydrogen-bond acceptors (Lipinski definition) is 6. The van der Waals surface area contributed by atoms with Crippen molar-refractivity contribution >= 4 is 11.9 Å². The maximum Gasteiger partial charge on any atom is 0.406 e. The molecule has 0 radical (unpaired) electrons. The lowest BCUT2D eigenvalue weighted by Gasteiger charge is -2.33. The number of methoxy groups -OCH3 is 1. The summed E-state index contributed by atoms with van der Waals surface area (Å²) in [6.45, 7) is -0.816. The van der Waals surface area contributed by atoms with E-state index in [1.165, 1.54) is 0 Å². The van der Waals surface area contributed by atoms with Crippen LogP contribution in [-0.4, -0.2) is 49.2 Å². The van der Waals surface area contributed by atoms with Crippen molar-refractivity contribution in [1.82, 2.24) is 0 Å². The van der Waals surface area contributed by atoms with Crippen LogP contribution in [0.2, 0.25) is 0 Å². The van der Waals surface area contributed by atoms with Gasteiger partial charge in [-0.25, -0.2) is 4.79 Å². The lowest BCUT2D eigenvalue weighted by Crippen LogP contribution is -2.50. The Morgan fingerprint density at radius 2 is 1.75 bits per heavy atom. The molecule has 0 rings (SSSR count). The Labute approximate surface area is 131 Å². The van der Waals surface area contributed by atoms with Gasteiger partial charge >= 0.3 is 24.3 Å². The van der Waals surface area contributed by atoms with E-state index in [0.29, 0.717) is 0 Å². The highest BCUT2D eigenvalue weighted by atomic mass is 19.4. The summed E-state index contributed by atoms with van der Waals surface area (Å²) in [6, 6.07) is 0.881. The average Bonchev–Trinajstić information content (AvgIpc) is 2.42. The molecule has 0 aromatic heterocycles. The molecule has 0 saturated heterocycles. The van der Waals surface area contributed by atoms with Gasteiger partial charge in [0.25, 0.3) is 0 Å². The largest absolute Gasteiger partial charge is 0.466 e. The molecule has 2 atom stereocenters. The second-order valence-electron chi connectivity index (χ2n) is 4.64. The van der Waals surface area contributed by atoms with Crippen LogP contribution < -0.4 is 0 Å². The number of esters is 2. The molecule has 0 aliphatic carbocycles. The predicted octanol–water partition coefficient (Wildman–Crippen LogP) is 1.87. The van der Waals surface area contributed by atoms with Crippen molar-refractivity contribution < 1.29 is 50.5 Å². The van der Waals surface area contributed by atoms with Crippen LogP contribution in [0.4, 0.5) is 26.3 Å². The number of halogens is 6. The van der Waals surface area contributed by atoms with Gasteiger partial charge in [-0.2, -0.15) is 31.6 Å². The van der Waals surface area contributed by atoms with Gasteiger partial charge in [-0.3, -0.25) is 4.79 Å². The minimum atomic E-state index is -5.77. The summed E-state index contributed by atoms with van der Waals surface area (Å²) in [4.78, 5) is 23.1. The summed E-state index contributed by atoms with van der Waals surface area (Å²) in [5.74, 6) is -3.81. The van der Waals surface area contributed by atoms with Gasteiger partial charge in [0.2, 0.25) is 6.10 Å². The molecule has 0 aliphatic heterocycles. The number of hydrogen-bond donors (Lipinski definition) is 1. The Hall–Kier alpha value is -2.03. The molecular weight excluding hydrogens is 352 g/mol. The van der Waals surface area contributed by atoms with E-state index in [2.05, 4.69) is 9.47 Å². The first-order chi connectivity index (χ1) is 10.8. The smallest absolute Gasteiger partial charge is 0.406 e. The van der Waals surface area contributed by atoms with E-state index >= 15 is 0 Å². The molecule has 0 saturated carbocycles. The first kappa shape index (κ1) is 22.0. The van der Waals surface area contributed by atoms with Crippen molar-refractivity contribution in [3.8, 4) is 6.07 Å². The molecule has 6 nitrogen and oxygen atoms in total. The average molecular weight is 365 g/mol. The molecule has 24 heavy (non-hydrogen) atoms. The topological polar surface area (TPSA) is 96.6 Å². The maximum absolute atomic E-state index is 13.1. The number of alkyl halides is 6. The number of carbonyl (C=O) groups is 2. The van der Waals surface area contributed by atoms with Gasteiger partial charge in [0.05, 0.1) is 26.0 Å². The highest BCUT2D eigenvalue weighted by molar-refractivity contribution is 5.83. The SMILES string of the molecule is COC(=O)C(CCO)OC(=O)C(CC#N)(CC(F)(F)F)C(F)(F)F. The zero-order valence-corrected chi connectivity index (χ0v) is 12.2. The van der Waals surface area contributed by atoms with Gasteiger partial charge in [-0.05, 0) is 0 Å². The van der Waals surface area contributed by atoms with E-state index in [1.807, 2.05) is 0 Å². The number of aliphatic hydroxyl groups excluding tert-OH is 1. The van der Waals surface area contributed by atoms with Gasteiger partial charge < -0.3 is 14.6 Å². The molecule has 0 spiro atoms. The second kappa shape index (κ2) is 8.18. The van der Waals surface area contributed by atoms with E-state index in [9.17, 15) is 35.9 Å². The van der Waals surface area contributed by atoms with Crippen LogP contribution in [0.1, 0.15) is 19.3 Å². The highest BCUT2D eigenvalue weighted by Crippen LogP contribution is 2.49. The fourth-order valence-corrected chi connectivity index (χ4v) is 1.72. The highest BCUT2D eigenvalue weighted by Gasteiger charge is 2.66. The van der Waals surface area contributed by atoms with E-state index in [4.69, 9.17) is 10.4 Å². The number of nitrogens with zero attached hydrogens (tertiary/aromatic N) is 1. The van der Waals surface area contributed by atoms with Crippen LogP contribution in [0.3, 0.4) is 0 Å². The van der Waals surface area contributed by atoms with Crippen LogP contribution in [-0.2, 0) is 19.1 Å². The van der Waals surface area contributed by atoms with Gasteiger partial charge in [-0.15, -0.1) is 0 Å². The molecule has 0 amide bonds. The van der Waals surface area contributed by atoms with E-state index < -0.39 is 61.7 Å². The van der Waals surface area contributed by atoms with Crippen molar-refractivity contribution in [3.63, 3.8) is 0 Å². The van der Waals surface area contributed by atoms with Gasteiger partial charge in [0.15, 0.2) is 5.41 Å². The first-order valence-corrected chi connectivity index (χ1v) is 6.25. The third kappa shape index (κ3) is 5.55. The first-order valence-electron chi connectivity index (χ1n) is 6.25. The van der Waals surface area contributed by atoms with Crippen molar-refractivity contribution in [2.45, 2.75) is 37.7 Å². The molecule has 0 bridgehead atoms. The van der Waals surface area contributed by atoms with Crippen LogP contribution in [0.15, 0.2) is 0 Å². The fraction of sp³-hybridized carbons (Fsp3) is 0.750. The zero-order chi connectivity index (χ0) is 19.2. The van der Waals surface area contributed by atoms with Crippen LogP contribution >= 0.6 is 0 Å². The fourth-order valence-electron chi connectivity index (χ4n) is 1.72. The molecule has 0 fully saturated rings. The molecule has 0 aliphatic rings. The Balaban J connectivity index is 5.82. The molecule has 0 aromatic rings. The lowest BCUT2D eigenvalue weighted by molar-refractivity contribution is -0.267. The molecule has 0 aromatic carbocycles. The quantitative estimate of drug-likeness (QED) is 0.547. The summed E-state index contributed by atoms with van der Waals surface area (Å²) in [6.07, 6.45) is -18.5. The van der Waals surface area contributed by atoms with Crippen molar-refractivity contribution in [1.29, 1.82) is 5.26 Å². The van der Waals surface area contributed by atoms with E-state index in [-0.39, 0.29) is 0 Å². The summed E-state index contributed by atoms with van der Waals surface area (Å²) in [5.41, 5.74) is -4.19. The molecular formula is C12H13F6NO5. The number of ether oxygens (including phenoxy) is 2. The molecule has 1 N–H and O–H groups in total. The third-order valence-electron chi connectivity index (χ3n) is 2.92. The Morgan fingerprint density at radius 3 is 2.08 bits per heavy atom. The molecule has 12 heteroatoms. The summed E-state index contributed by atoms with van der Waals surface area (Å²) >= 11 is 0. The maximum atomic E-state index is 13.1. The third-order valence-corrected chi connectivity index (χ3v) is 2.92. The number of aliphatic hydroxyl groups is 1. The van der Waals surface area contributed by atoms with Gasteiger partial charge in [0, 0.05) is 13.0 Å². The van der Waals surface area contributed by atoms with Gasteiger partial charge in [-0.1, -0.05) is 0 Å². The number of nitriles is 1. The van der Waals surface area contributed by atoms with E-state index in [0.717, 1.165) is 13.2 Å². The minimum Gasteiger partial charge on any atom is -0.466 e. The Morgan fingerprint density at radius 1 is 1.21 bits per heavy atom. The van der Waals surface area contributed by atoms with Crippen LogP contribution in [0.5, 0.6) is 0 Å². The van der Waals surface area contributed by atoms with Crippen molar-refractivity contribution in [3.05, 3.63) is 0 Å². The summed E-state index contributed by atoms with van der Waals surface area (Å²) in [5, 5.41) is 17.1. The van der Waals surface area contributed by atoms with E-state index in [1.54, 1.807) is 0 Å². The van der Waals surface area contributed by atoms with Crippen molar-refractivity contribution in [2.75, 3.05) is 13.7 Å². The normalized spacial score (nSPS) is 15.8. The number of carbonyl (C=O) groups excluding carboxylic acids is 2. The van der Waals surface area contributed by atoms with Crippen LogP contribution in [0, 0.1) is 16.7 Å².